The van der Waals surface area contributed by atoms with Crippen molar-refractivity contribution in [3.63, 3.8) is 0 Å². The van der Waals surface area contributed by atoms with Gasteiger partial charge in [0.2, 0.25) is 0 Å². The third kappa shape index (κ3) is 3.10. The van der Waals surface area contributed by atoms with Gasteiger partial charge in [0.15, 0.2) is 0 Å². The molecule has 1 aliphatic rings. The number of halogens is 1. The fraction of sp³-hybridized carbons (Fsp3) is 0.538. The molecule has 1 aromatic rings. The van der Waals surface area contributed by atoms with Crippen LogP contribution in [0.2, 0.25) is 0 Å². The van der Waals surface area contributed by atoms with Crippen LogP contribution in [-0.4, -0.2) is 25.7 Å². The number of anilines is 1. The highest BCUT2D eigenvalue weighted by atomic mass is 127. The van der Waals surface area contributed by atoms with Crippen molar-refractivity contribution < 1.29 is 0 Å². The highest BCUT2D eigenvalue weighted by Gasteiger charge is 2.21. The van der Waals surface area contributed by atoms with E-state index in [1.807, 2.05) is 0 Å². The molecular weight excluding hydrogens is 311 g/mol. The van der Waals surface area contributed by atoms with Gasteiger partial charge in [0, 0.05) is 28.4 Å². The Morgan fingerprint density at radius 3 is 2.81 bits per heavy atom. The molecule has 3 heteroatoms. The molecule has 1 unspecified atom stereocenters. The van der Waals surface area contributed by atoms with Crippen molar-refractivity contribution in [2.45, 2.75) is 25.8 Å². The summed E-state index contributed by atoms with van der Waals surface area (Å²) in [5, 5.41) is 3.60. The van der Waals surface area contributed by atoms with Gasteiger partial charge in [0.25, 0.3) is 0 Å². The maximum Gasteiger partial charge on any atom is 0.0367 e. The average molecular weight is 330 g/mol. The fourth-order valence-electron chi connectivity index (χ4n) is 2.16. The summed E-state index contributed by atoms with van der Waals surface area (Å²) in [4.78, 5) is 2.48. The van der Waals surface area contributed by atoms with E-state index in [0.717, 1.165) is 13.1 Å². The van der Waals surface area contributed by atoms with Crippen molar-refractivity contribution in [2.75, 3.05) is 24.5 Å². The molecule has 1 saturated heterocycles. The van der Waals surface area contributed by atoms with E-state index in [0.29, 0.717) is 6.04 Å². The zero-order valence-electron chi connectivity index (χ0n) is 9.75. The molecule has 1 N–H and O–H groups in total. The minimum atomic E-state index is 0.680. The molecular formula is C13H19IN2. The Hall–Kier alpha value is -0.290. The van der Waals surface area contributed by atoms with E-state index in [2.05, 4.69) is 64.0 Å². The van der Waals surface area contributed by atoms with E-state index < -0.39 is 0 Å². The van der Waals surface area contributed by atoms with Crippen molar-refractivity contribution in [1.29, 1.82) is 0 Å². The van der Waals surface area contributed by atoms with Gasteiger partial charge in [-0.1, -0.05) is 6.92 Å². The lowest BCUT2D eigenvalue weighted by Crippen LogP contribution is -2.32. The highest BCUT2D eigenvalue weighted by molar-refractivity contribution is 14.1. The monoisotopic (exact) mass is 330 g/mol. The van der Waals surface area contributed by atoms with Crippen molar-refractivity contribution in [1.82, 2.24) is 5.32 Å². The van der Waals surface area contributed by atoms with Crippen LogP contribution >= 0.6 is 22.6 Å². The van der Waals surface area contributed by atoms with Crippen LogP contribution in [0.15, 0.2) is 24.3 Å². The predicted octanol–water partition coefficient (Wildman–Crippen LogP) is 2.87. The highest BCUT2D eigenvalue weighted by Crippen LogP contribution is 2.21. The first kappa shape index (κ1) is 12.2. The Balaban J connectivity index is 1.90. The number of hydrogen-bond donors (Lipinski definition) is 1. The molecule has 0 amide bonds. The van der Waals surface area contributed by atoms with Gasteiger partial charge < -0.3 is 10.2 Å². The second-order valence-corrected chi connectivity index (χ2v) is 5.61. The molecule has 0 saturated carbocycles. The van der Waals surface area contributed by atoms with Gasteiger partial charge in [0.05, 0.1) is 0 Å². The molecule has 0 radical (unpaired) electrons. The zero-order valence-corrected chi connectivity index (χ0v) is 11.9. The molecule has 1 atom stereocenters. The summed E-state index contributed by atoms with van der Waals surface area (Å²) >= 11 is 2.35. The van der Waals surface area contributed by atoms with E-state index in [1.54, 1.807) is 0 Å². The second-order valence-electron chi connectivity index (χ2n) is 4.36. The molecule has 16 heavy (non-hydrogen) atoms. The average Bonchev–Trinajstić information content (AvgIpc) is 2.76. The third-order valence-corrected chi connectivity index (χ3v) is 3.78. The summed E-state index contributed by atoms with van der Waals surface area (Å²) in [6.07, 6.45) is 2.49. The first-order chi connectivity index (χ1) is 7.79. The Kier molecular flexibility index (Phi) is 4.46. The van der Waals surface area contributed by atoms with Crippen LogP contribution in [0.4, 0.5) is 5.69 Å². The summed E-state index contributed by atoms with van der Waals surface area (Å²) in [6, 6.07) is 9.50. The van der Waals surface area contributed by atoms with Gasteiger partial charge in [-0.15, -0.1) is 0 Å². The quantitative estimate of drug-likeness (QED) is 0.854. The van der Waals surface area contributed by atoms with Gasteiger partial charge in [-0.2, -0.15) is 0 Å². The minimum Gasteiger partial charge on any atom is -0.370 e. The molecule has 1 fully saturated rings. The number of rotatable bonds is 4. The normalized spacial score (nSPS) is 20.4. The van der Waals surface area contributed by atoms with Crippen LogP contribution in [0, 0.1) is 3.57 Å². The molecule has 1 aromatic carbocycles. The van der Waals surface area contributed by atoms with Gasteiger partial charge in [0.1, 0.15) is 0 Å². The summed E-state index contributed by atoms with van der Waals surface area (Å²) in [6.45, 7) is 5.70. The fourth-order valence-corrected chi connectivity index (χ4v) is 2.52. The molecule has 2 nitrogen and oxygen atoms in total. The number of nitrogens with zero attached hydrogens (tertiary/aromatic N) is 1. The lowest BCUT2D eigenvalue weighted by atomic mass is 10.2. The lowest BCUT2D eigenvalue weighted by Gasteiger charge is -2.19. The van der Waals surface area contributed by atoms with Crippen LogP contribution in [0.5, 0.6) is 0 Å². The van der Waals surface area contributed by atoms with Crippen molar-refractivity contribution >= 4 is 28.3 Å². The second kappa shape index (κ2) is 5.87. The molecule has 0 spiro atoms. The Labute approximate surface area is 112 Å². The maximum atomic E-state index is 3.60. The van der Waals surface area contributed by atoms with Crippen LogP contribution < -0.4 is 10.2 Å². The van der Waals surface area contributed by atoms with Crippen LogP contribution in [0.1, 0.15) is 19.8 Å². The first-order valence-electron chi connectivity index (χ1n) is 6.03. The molecule has 0 aromatic heterocycles. The van der Waals surface area contributed by atoms with Gasteiger partial charge >= 0.3 is 0 Å². The van der Waals surface area contributed by atoms with E-state index in [4.69, 9.17) is 0 Å². The van der Waals surface area contributed by atoms with Crippen molar-refractivity contribution in [2.24, 2.45) is 0 Å². The van der Waals surface area contributed by atoms with Crippen LogP contribution in [-0.2, 0) is 0 Å². The minimum absolute atomic E-state index is 0.680. The molecule has 1 aliphatic heterocycles. The van der Waals surface area contributed by atoms with Crippen molar-refractivity contribution in [3.05, 3.63) is 27.8 Å². The van der Waals surface area contributed by atoms with Gasteiger partial charge in [-0.25, -0.2) is 0 Å². The summed E-state index contributed by atoms with van der Waals surface area (Å²) in [7, 11) is 0. The van der Waals surface area contributed by atoms with Crippen LogP contribution in [0.25, 0.3) is 0 Å². The number of hydrogen-bond acceptors (Lipinski definition) is 2. The molecule has 88 valence electrons. The zero-order chi connectivity index (χ0) is 11.4. The summed E-state index contributed by atoms with van der Waals surface area (Å²) in [5.74, 6) is 0. The molecule has 2 rings (SSSR count). The van der Waals surface area contributed by atoms with Gasteiger partial charge in [-0.3, -0.25) is 0 Å². The number of benzene rings is 1. The predicted molar refractivity (Wildman–Crippen MR) is 78.1 cm³/mol. The lowest BCUT2D eigenvalue weighted by molar-refractivity contribution is 0.549. The largest absolute Gasteiger partial charge is 0.370 e. The SMILES string of the molecule is CCCNC1CCN(c2ccc(I)cc2)C1. The summed E-state index contributed by atoms with van der Waals surface area (Å²) in [5.41, 5.74) is 1.36. The van der Waals surface area contributed by atoms with Crippen molar-refractivity contribution in [3.8, 4) is 0 Å². The number of nitrogens with one attached hydrogen (secondary N) is 1. The van der Waals surface area contributed by atoms with E-state index in [-0.39, 0.29) is 0 Å². The smallest absolute Gasteiger partial charge is 0.0367 e. The van der Waals surface area contributed by atoms with E-state index in [1.165, 1.54) is 28.6 Å². The Morgan fingerprint density at radius 1 is 1.38 bits per heavy atom. The molecule has 0 bridgehead atoms. The Bertz CT molecular complexity index is 323. The van der Waals surface area contributed by atoms with Gasteiger partial charge in [-0.05, 0) is 66.2 Å². The van der Waals surface area contributed by atoms with Crippen LogP contribution in [0.3, 0.4) is 0 Å². The standard InChI is InChI=1S/C13H19IN2/c1-2-8-15-12-7-9-16(10-12)13-5-3-11(14)4-6-13/h3-6,12,15H,2,7-10H2,1H3. The summed E-state index contributed by atoms with van der Waals surface area (Å²) < 4.78 is 1.31. The molecule has 1 heterocycles. The maximum absolute atomic E-state index is 3.60. The van der Waals surface area contributed by atoms with E-state index in [9.17, 15) is 0 Å². The topological polar surface area (TPSA) is 15.3 Å². The Morgan fingerprint density at radius 2 is 2.12 bits per heavy atom. The molecule has 0 aliphatic carbocycles. The first-order valence-corrected chi connectivity index (χ1v) is 7.11. The third-order valence-electron chi connectivity index (χ3n) is 3.06. The van der Waals surface area contributed by atoms with E-state index >= 15 is 0 Å².